The van der Waals surface area contributed by atoms with Gasteiger partial charge < -0.3 is 9.73 Å². The number of carbonyl (C=O) groups is 1. The van der Waals surface area contributed by atoms with Gasteiger partial charge in [-0.05, 0) is 50.6 Å². The van der Waals surface area contributed by atoms with Crippen LogP contribution in [0.5, 0.6) is 0 Å². The van der Waals surface area contributed by atoms with Crippen LogP contribution in [0.2, 0.25) is 0 Å². The number of likely N-dealkylation sites (N-methyl/N-ethyl adjacent to an activating group) is 1. The molecule has 0 unspecified atom stereocenters. The van der Waals surface area contributed by atoms with Crippen LogP contribution >= 0.6 is 0 Å². The van der Waals surface area contributed by atoms with Gasteiger partial charge in [-0.25, -0.2) is 0 Å². The standard InChI is InChI=1S/C18H24N2O2/c1-14-6-4-5-7-16(14)10-11-19-18(21)13-20(3)12-17-9-8-15(2)22-17/h4-9H,10-13H2,1-3H3,(H,19,21). The molecule has 1 heterocycles. The van der Waals surface area contributed by atoms with E-state index in [0.717, 1.165) is 17.9 Å². The molecule has 4 heteroatoms. The average Bonchev–Trinajstić information content (AvgIpc) is 2.86. The van der Waals surface area contributed by atoms with E-state index in [9.17, 15) is 4.79 Å². The first kappa shape index (κ1) is 16.3. The molecular formula is C18H24N2O2. The summed E-state index contributed by atoms with van der Waals surface area (Å²) in [5, 5.41) is 2.97. The number of aryl methyl sites for hydroxylation is 2. The molecule has 0 radical (unpaired) electrons. The van der Waals surface area contributed by atoms with Crippen LogP contribution < -0.4 is 5.32 Å². The second-order valence-electron chi connectivity index (χ2n) is 5.71. The number of carbonyl (C=O) groups excluding carboxylic acids is 1. The third kappa shape index (κ3) is 5.04. The number of hydrogen-bond donors (Lipinski definition) is 1. The van der Waals surface area contributed by atoms with Crippen molar-refractivity contribution in [3.05, 3.63) is 59.0 Å². The summed E-state index contributed by atoms with van der Waals surface area (Å²) in [5.74, 6) is 1.82. The highest BCUT2D eigenvalue weighted by atomic mass is 16.3. The van der Waals surface area contributed by atoms with Gasteiger partial charge in [0.15, 0.2) is 0 Å². The van der Waals surface area contributed by atoms with E-state index in [-0.39, 0.29) is 5.91 Å². The summed E-state index contributed by atoms with van der Waals surface area (Å²) >= 11 is 0. The van der Waals surface area contributed by atoms with Crippen LogP contribution in [0.3, 0.4) is 0 Å². The van der Waals surface area contributed by atoms with Gasteiger partial charge in [-0.15, -0.1) is 0 Å². The molecular weight excluding hydrogens is 276 g/mol. The lowest BCUT2D eigenvalue weighted by molar-refractivity contribution is -0.122. The molecule has 0 aliphatic carbocycles. The monoisotopic (exact) mass is 300 g/mol. The van der Waals surface area contributed by atoms with E-state index in [2.05, 4.69) is 24.4 Å². The Morgan fingerprint density at radius 2 is 1.95 bits per heavy atom. The Kier molecular flexibility index (Phi) is 5.78. The highest BCUT2D eigenvalue weighted by molar-refractivity contribution is 5.77. The van der Waals surface area contributed by atoms with E-state index >= 15 is 0 Å². The quantitative estimate of drug-likeness (QED) is 0.855. The van der Waals surface area contributed by atoms with E-state index in [1.54, 1.807) is 0 Å². The van der Waals surface area contributed by atoms with Crippen LogP contribution in [0.1, 0.15) is 22.6 Å². The van der Waals surface area contributed by atoms with Gasteiger partial charge >= 0.3 is 0 Å². The predicted molar refractivity (Wildman–Crippen MR) is 87.7 cm³/mol. The summed E-state index contributed by atoms with van der Waals surface area (Å²) in [6.45, 7) is 5.68. The largest absolute Gasteiger partial charge is 0.465 e. The van der Waals surface area contributed by atoms with Crippen LogP contribution in [0.25, 0.3) is 0 Å². The molecule has 1 amide bonds. The fraction of sp³-hybridized carbons (Fsp3) is 0.389. The molecule has 2 aromatic rings. The normalized spacial score (nSPS) is 10.9. The van der Waals surface area contributed by atoms with Crippen molar-refractivity contribution in [1.82, 2.24) is 10.2 Å². The second kappa shape index (κ2) is 7.80. The molecule has 0 atom stereocenters. The highest BCUT2D eigenvalue weighted by Gasteiger charge is 2.09. The number of benzene rings is 1. The van der Waals surface area contributed by atoms with Crippen molar-refractivity contribution in [2.24, 2.45) is 0 Å². The third-order valence-corrected chi connectivity index (χ3v) is 3.61. The summed E-state index contributed by atoms with van der Waals surface area (Å²) < 4.78 is 5.51. The van der Waals surface area contributed by atoms with Crippen molar-refractivity contribution in [3.8, 4) is 0 Å². The molecule has 1 aromatic carbocycles. The van der Waals surface area contributed by atoms with E-state index in [1.165, 1.54) is 11.1 Å². The molecule has 1 N–H and O–H groups in total. The molecule has 0 spiro atoms. The Labute approximate surface area is 132 Å². The minimum absolute atomic E-state index is 0.0411. The molecule has 1 aromatic heterocycles. The van der Waals surface area contributed by atoms with Gasteiger partial charge in [0.2, 0.25) is 5.91 Å². The average molecular weight is 300 g/mol. The summed E-state index contributed by atoms with van der Waals surface area (Å²) in [6, 6.07) is 12.1. The Balaban J connectivity index is 1.70. The maximum atomic E-state index is 11.9. The van der Waals surface area contributed by atoms with Gasteiger partial charge in [-0.2, -0.15) is 0 Å². The number of rotatable bonds is 7. The van der Waals surface area contributed by atoms with Crippen LogP contribution in [0, 0.1) is 13.8 Å². The Bertz CT molecular complexity index is 619. The maximum absolute atomic E-state index is 11.9. The van der Waals surface area contributed by atoms with Crippen LogP contribution in [0.15, 0.2) is 40.8 Å². The lowest BCUT2D eigenvalue weighted by Crippen LogP contribution is -2.35. The van der Waals surface area contributed by atoms with E-state index in [0.29, 0.717) is 19.6 Å². The Morgan fingerprint density at radius 3 is 2.64 bits per heavy atom. The molecule has 4 nitrogen and oxygen atoms in total. The smallest absolute Gasteiger partial charge is 0.234 e. The number of hydrogen-bond acceptors (Lipinski definition) is 3. The van der Waals surface area contributed by atoms with Crippen molar-refractivity contribution >= 4 is 5.91 Å². The highest BCUT2D eigenvalue weighted by Crippen LogP contribution is 2.08. The number of furan rings is 1. The maximum Gasteiger partial charge on any atom is 0.234 e. The van der Waals surface area contributed by atoms with E-state index < -0.39 is 0 Å². The lowest BCUT2D eigenvalue weighted by atomic mass is 10.1. The van der Waals surface area contributed by atoms with Gasteiger partial charge in [-0.1, -0.05) is 24.3 Å². The summed E-state index contributed by atoms with van der Waals surface area (Å²) in [7, 11) is 1.92. The first-order chi connectivity index (χ1) is 10.5. The molecule has 0 bridgehead atoms. The fourth-order valence-electron chi connectivity index (χ4n) is 2.42. The van der Waals surface area contributed by atoms with Crippen molar-refractivity contribution in [3.63, 3.8) is 0 Å². The first-order valence-corrected chi connectivity index (χ1v) is 7.59. The van der Waals surface area contributed by atoms with Gasteiger partial charge in [0, 0.05) is 6.54 Å². The minimum Gasteiger partial charge on any atom is -0.465 e. The zero-order valence-electron chi connectivity index (χ0n) is 13.6. The summed E-state index contributed by atoms with van der Waals surface area (Å²) in [6.07, 6.45) is 0.861. The van der Waals surface area contributed by atoms with E-state index in [4.69, 9.17) is 4.42 Å². The number of nitrogens with one attached hydrogen (secondary N) is 1. The molecule has 0 saturated carbocycles. The van der Waals surface area contributed by atoms with E-state index in [1.807, 2.05) is 43.1 Å². The molecule has 0 fully saturated rings. The molecule has 0 aliphatic heterocycles. The van der Waals surface area contributed by atoms with Gasteiger partial charge in [0.05, 0.1) is 13.1 Å². The summed E-state index contributed by atoms with van der Waals surface area (Å²) in [5.41, 5.74) is 2.55. The molecule has 2 rings (SSSR count). The number of nitrogens with zero attached hydrogens (tertiary/aromatic N) is 1. The van der Waals surface area contributed by atoms with Crippen molar-refractivity contribution in [1.29, 1.82) is 0 Å². The Hall–Kier alpha value is -2.07. The number of amides is 1. The van der Waals surface area contributed by atoms with Gasteiger partial charge in [0.25, 0.3) is 0 Å². The van der Waals surface area contributed by atoms with Crippen molar-refractivity contribution in [2.75, 3.05) is 20.1 Å². The van der Waals surface area contributed by atoms with Crippen LogP contribution in [-0.4, -0.2) is 30.9 Å². The van der Waals surface area contributed by atoms with Gasteiger partial charge in [-0.3, -0.25) is 9.69 Å². The first-order valence-electron chi connectivity index (χ1n) is 7.59. The SMILES string of the molecule is Cc1ccc(CN(C)CC(=O)NCCc2ccccc2C)o1. The zero-order valence-corrected chi connectivity index (χ0v) is 13.6. The molecule has 0 saturated heterocycles. The fourth-order valence-corrected chi connectivity index (χ4v) is 2.42. The zero-order chi connectivity index (χ0) is 15.9. The second-order valence-corrected chi connectivity index (χ2v) is 5.71. The predicted octanol–water partition coefficient (Wildman–Crippen LogP) is 2.69. The van der Waals surface area contributed by atoms with Crippen molar-refractivity contribution < 1.29 is 9.21 Å². The molecule has 22 heavy (non-hydrogen) atoms. The Morgan fingerprint density at radius 1 is 1.18 bits per heavy atom. The minimum atomic E-state index is 0.0411. The lowest BCUT2D eigenvalue weighted by Gasteiger charge is -2.15. The molecule has 0 aliphatic rings. The van der Waals surface area contributed by atoms with Crippen LogP contribution in [0.4, 0.5) is 0 Å². The summed E-state index contributed by atoms with van der Waals surface area (Å²) in [4.78, 5) is 13.9. The van der Waals surface area contributed by atoms with Crippen molar-refractivity contribution in [2.45, 2.75) is 26.8 Å². The topological polar surface area (TPSA) is 45.5 Å². The molecule has 118 valence electrons. The third-order valence-electron chi connectivity index (χ3n) is 3.61. The van der Waals surface area contributed by atoms with Gasteiger partial charge in [0.1, 0.15) is 11.5 Å². The van der Waals surface area contributed by atoms with Crippen LogP contribution in [-0.2, 0) is 17.8 Å².